The van der Waals surface area contributed by atoms with Gasteiger partial charge in [0, 0.05) is 6.04 Å². The number of rotatable bonds is 1. The Bertz CT molecular complexity index is 163. The molecule has 3 heteroatoms. The van der Waals surface area contributed by atoms with E-state index in [1.807, 2.05) is 6.92 Å². The SMILES string of the molecule is CCC1NC(F)(F)C12CC2. The molecule has 2 aliphatic rings. The predicted molar refractivity (Wildman–Crippen MR) is 33.8 cm³/mol. The molecule has 1 saturated carbocycles. The van der Waals surface area contributed by atoms with Gasteiger partial charge >= 0.3 is 6.05 Å². The van der Waals surface area contributed by atoms with Crippen LogP contribution in [-0.2, 0) is 0 Å². The minimum Gasteiger partial charge on any atom is -0.254 e. The van der Waals surface area contributed by atoms with E-state index in [0.717, 1.165) is 6.42 Å². The van der Waals surface area contributed by atoms with Crippen LogP contribution in [0.1, 0.15) is 26.2 Å². The van der Waals surface area contributed by atoms with Gasteiger partial charge in [-0.25, -0.2) is 0 Å². The van der Waals surface area contributed by atoms with E-state index in [4.69, 9.17) is 0 Å². The van der Waals surface area contributed by atoms with E-state index >= 15 is 0 Å². The number of alkyl halides is 2. The van der Waals surface area contributed by atoms with Gasteiger partial charge in [0.05, 0.1) is 5.41 Å². The molecule has 1 N–H and O–H groups in total. The Morgan fingerprint density at radius 3 is 2.30 bits per heavy atom. The number of nitrogens with one attached hydrogen (secondary N) is 1. The van der Waals surface area contributed by atoms with E-state index in [2.05, 4.69) is 5.32 Å². The zero-order chi connectivity index (χ0) is 7.41. The van der Waals surface area contributed by atoms with Crippen LogP contribution < -0.4 is 5.32 Å². The molecule has 1 nitrogen and oxygen atoms in total. The third-order valence-electron chi connectivity index (χ3n) is 2.84. The zero-order valence-corrected chi connectivity index (χ0v) is 5.95. The maximum atomic E-state index is 12.7. The van der Waals surface area contributed by atoms with Gasteiger partial charge < -0.3 is 0 Å². The molecule has 1 aliphatic heterocycles. The van der Waals surface area contributed by atoms with E-state index in [0.29, 0.717) is 12.8 Å². The van der Waals surface area contributed by atoms with Crippen molar-refractivity contribution in [2.45, 2.75) is 38.3 Å². The molecule has 0 amide bonds. The fraction of sp³-hybridized carbons (Fsp3) is 1.00. The normalized spacial score (nSPS) is 39.3. The lowest BCUT2D eigenvalue weighted by Crippen LogP contribution is -2.68. The second-order valence-corrected chi connectivity index (χ2v) is 3.34. The quantitative estimate of drug-likeness (QED) is 0.557. The Hall–Kier alpha value is -0.180. The Morgan fingerprint density at radius 1 is 1.50 bits per heavy atom. The third kappa shape index (κ3) is 0.506. The highest BCUT2D eigenvalue weighted by atomic mass is 19.3. The minimum atomic E-state index is -2.55. The summed E-state index contributed by atoms with van der Waals surface area (Å²) in [5.41, 5.74) is -0.609. The Morgan fingerprint density at radius 2 is 2.10 bits per heavy atom. The molecular formula is C7H11F2N. The lowest BCUT2D eigenvalue weighted by Gasteiger charge is -2.46. The van der Waals surface area contributed by atoms with Crippen LogP contribution in [0.25, 0.3) is 0 Å². The van der Waals surface area contributed by atoms with Crippen molar-refractivity contribution in [3.8, 4) is 0 Å². The molecule has 10 heavy (non-hydrogen) atoms. The summed E-state index contributed by atoms with van der Waals surface area (Å²) in [7, 11) is 0. The van der Waals surface area contributed by atoms with Crippen LogP contribution in [0, 0.1) is 5.41 Å². The van der Waals surface area contributed by atoms with Crippen LogP contribution in [0.4, 0.5) is 8.78 Å². The monoisotopic (exact) mass is 147 g/mol. The van der Waals surface area contributed by atoms with Gasteiger partial charge in [-0.2, -0.15) is 8.78 Å². The van der Waals surface area contributed by atoms with E-state index in [9.17, 15) is 8.78 Å². The van der Waals surface area contributed by atoms with Crippen molar-refractivity contribution in [2.75, 3.05) is 0 Å². The predicted octanol–water partition coefficient (Wildman–Crippen LogP) is 1.74. The summed E-state index contributed by atoms with van der Waals surface area (Å²) in [6, 6.07) is -2.46. The Balaban J connectivity index is 2.12. The van der Waals surface area contributed by atoms with E-state index < -0.39 is 11.5 Å². The van der Waals surface area contributed by atoms with Gasteiger partial charge in [-0.05, 0) is 19.3 Å². The van der Waals surface area contributed by atoms with Gasteiger partial charge in [0.25, 0.3) is 0 Å². The summed E-state index contributed by atoms with van der Waals surface area (Å²) >= 11 is 0. The average Bonchev–Trinajstić information content (AvgIpc) is 2.62. The van der Waals surface area contributed by atoms with Gasteiger partial charge in [0.15, 0.2) is 0 Å². The number of hydrogen-bond donors (Lipinski definition) is 1. The molecule has 0 radical (unpaired) electrons. The standard InChI is InChI=1S/C7H11F2N/c1-2-5-6(3-4-6)7(8,9)10-5/h5,10H,2-4H2,1H3. The Kier molecular flexibility index (Phi) is 0.994. The molecule has 1 aliphatic carbocycles. The summed E-state index contributed by atoms with van der Waals surface area (Å²) in [6.07, 6.45) is 2.26. The van der Waals surface area contributed by atoms with Gasteiger partial charge in [-0.1, -0.05) is 6.92 Å². The van der Waals surface area contributed by atoms with Gasteiger partial charge in [-0.3, -0.25) is 5.32 Å². The van der Waals surface area contributed by atoms with Crippen LogP contribution in [0.3, 0.4) is 0 Å². The maximum Gasteiger partial charge on any atom is 0.309 e. The van der Waals surface area contributed by atoms with Crippen molar-refractivity contribution in [3.63, 3.8) is 0 Å². The molecule has 1 spiro atoms. The lowest BCUT2D eigenvalue weighted by molar-refractivity contribution is -0.199. The van der Waals surface area contributed by atoms with E-state index in [1.165, 1.54) is 0 Å². The fourth-order valence-corrected chi connectivity index (χ4v) is 1.93. The highest BCUT2D eigenvalue weighted by Crippen LogP contribution is 2.64. The van der Waals surface area contributed by atoms with Gasteiger partial charge in [0.1, 0.15) is 0 Å². The average molecular weight is 147 g/mol. The largest absolute Gasteiger partial charge is 0.309 e. The first kappa shape index (κ1) is 6.53. The van der Waals surface area contributed by atoms with Gasteiger partial charge in [0.2, 0.25) is 0 Å². The minimum absolute atomic E-state index is 0.0856. The molecule has 58 valence electrons. The summed E-state index contributed by atoms with van der Waals surface area (Å²) in [6.45, 7) is 1.95. The molecule has 0 aromatic rings. The summed E-state index contributed by atoms with van der Waals surface area (Å²) in [4.78, 5) is 0. The van der Waals surface area contributed by atoms with E-state index in [-0.39, 0.29) is 6.04 Å². The Labute approximate surface area is 58.8 Å². The maximum absolute atomic E-state index is 12.7. The van der Waals surface area contributed by atoms with Crippen LogP contribution in [0.15, 0.2) is 0 Å². The molecule has 1 saturated heterocycles. The topological polar surface area (TPSA) is 12.0 Å². The highest BCUT2D eigenvalue weighted by molar-refractivity contribution is 5.17. The van der Waals surface area contributed by atoms with Crippen molar-refractivity contribution < 1.29 is 8.78 Å². The molecule has 0 aromatic carbocycles. The molecule has 2 fully saturated rings. The second-order valence-electron chi connectivity index (χ2n) is 3.34. The first-order valence-electron chi connectivity index (χ1n) is 3.78. The first-order valence-corrected chi connectivity index (χ1v) is 3.78. The zero-order valence-electron chi connectivity index (χ0n) is 5.95. The van der Waals surface area contributed by atoms with Gasteiger partial charge in [-0.15, -0.1) is 0 Å². The highest BCUT2D eigenvalue weighted by Gasteiger charge is 2.73. The summed E-state index contributed by atoms with van der Waals surface area (Å²) < 4.78 is 25.4. The lowest BCUT2D eigenvalue weighted by atomic mass is 9.83. The number of hydrogen-bond acceptors (Lipinski definition) is 1. The molecule has 0 bridgehead atoms. The summed E-state index contributed by atoms with van der Waals surface area (Å²) in [5.74, 6) is 0. The molecule has 0 aromatic heterocycles. The molecule has 1 unspecified atom stereocenters. The first-order chi connectivity index (χ1) is 4.62. The molecular weight excluding hydrogens is 136 g/mol. The number of halogens is 2. The van der Waals surface area contributed by atoms with Crippen molar-refractivity contribution in [1.82, 2.24) is 5.32 Å². The van der Waals surface area contributed by atoms with Crippen LogP contribution in [0.2, 0.25) is 0 Å². The third-order valence-corrected chi connectivity index (χ3v) is 2.84. The van der Waals surface area contributed by atoms with Crippen LogP contribution >= 0.6 is 0 Å². The molecule has 1 atom stereocenters. The summed E-state index contributed by atoms with van der Waals surface area (Å²) in [5, 5.41) is 2.29. The van der Waals surface area contributed by atoms with Crippen molar-refractivity contribution >= 4 is 0 Å². The fourth-order valence-electron chi connectivity index (χ4n) is 1.93. The van der Waals surface area contributed by atoms with Crippen molar-refractivity contribution in [3.05, 3.63) is 0 Å². The molecule has 1 heterocycles. The van der Waals surface area contributed by atoms with Crippen molar-refractivity contribution in [2.24, 2.45) is 5.41 Å². The van der Waals surface area contributed by atoms with Crippen LogP contribution in [0.5, 0.6) is 0 Å². The second kappa shape index (κ2) is 1.52. The van der Waals surface area contributed by atoms with Crippen molar-refractivity contribution in [1.29, 1.82) is 0 Å². The smallest absolute Gasteiger partial charge is 0.254 e. The molecule has 2 rings (SSSR count). The van der Waals surface area contributed by atoms with Crippen LogP contribution in [-0.4, -0.2) is 12.1 Å². The van der Waals surface area contributed by atoms with E-state index in [1.54, 1.807) is 0 Å².